The highest BCUT2D eigenvalue weighted by Gasteiger charge is 2.15. The molecule has 2 N–H and O–H groups in total. The molecule has 4 heteroatoms. The van der Waals surface area contributed by atoms with Gasteiger partial charge in [-0.1, -0.05) is 0 Å². The van der Waals surface area contributed by atoms with E-state index in [4.69, 9.17) is 0 Å². The van der Waals surface area contributed by atoms with Gasteiger partial charge < -0.3 is 10.6 Å². The highest BCUT2D eigenvalue weighted by molar-refractivity contribution is 7.98. The molecule has 1 amide bonds. The van der Waals surface area contributed by atoms with Gasteiger partial charge in [-0.2, -0.15) is 0 Å². The minimum absolute atomic E-state index is 0.112. The van der Waals surface area contributed by atoms with Crippen LogP contribution in [0.2, 0.25) is 0 Å². The van der Waals surface area contributed by atoms with Crippen LogP contribution in [0.25, 0.3) is 0 Å². The fourth-order valence-electron chi connectivity index (χ4n) is 2.21. The minimum atomic E-state index is 0.112. The van der Waals surface area contributed by atoms with E-state index in [1.165, 1.54) is 17.7 Å². The third-order valence-corrected chi connectivity index (χ3v) is 4.00. The molecule has 1 heterocycles. The molecule has 98 valence electrons. The molecule has 1 unspecified atom stereocenters. The molecule has 2 rings (SSSR count). The Labute approximate surface area is 113 Å². The number of benzene rings is 1. The number of nitrogens with one attached hydrogen (secondary N) is 2. The molecule has 0 spiro atoms. The fourth-order valence-corrected chi connectivity index (χ4v) is 2.61. The molecule has 0 aliphatic carbocycles. The normalized spacial score (nSPS) is 18.8. The zero-order valence-electron chi connectivity index (χ0n) is 10.7. The molecule has 1 fully saturated rings. The van der Waals surface area contributed by atoms with Crippen LogP contribution in [0.1, 0.15) is 25.7 Å². The molecular formula is C14H20N2OS. The maximum Gasteiger partial charge on any atom is 0.224 e. The Balaban J connectivity index is 1.75. The van der Waals surface area contributed by atoms with E-state index >= 15 is 0 Å². The van der Waals surface area contributed by atoms with Crippen molar-refractivity contribution in [2.24, 2.45) is 0 Å². The average Bonchev–Trinajstić information content (AvgIpc) is 2.90. The van der Waals surface area contributed by atoms with E-state index in [-0.39, 0.29) is 5.91 Å². The third-order valence-electron chi connectivity index (χ3n) is 3.26. The molecule has 0 bridgehead atoms. The molecule has 1 aromatic carbocycles. The van der Waals surface area contributed by atoms with E-state index in [2.05, 4.69) is 10.6 Å². The lowest BCUT2D eigenvalue weighted by Crippen LogP contribution is -2.23. The van der Waals surface area contributed by atoms with Crippen molar-refractivity contribution in [3.63, 3.8) is 0 Å². The van der Waals surface area contributed by atoms with Gasteiger partial charge in [-0.3, -0.25) is 4.79 Å². The van der Waals surface area contributed by atoms with Crippen molar-refractivity contribution in [2.75, 3.05) is 18.1 Å². The van der Waals surface area contributed by atoms with Crippen molar-refractivity contribution < 1.29 is 4.79 Å². The Morgan fingerprint density at radius 2 is 2.22 bits per heavy atom. The third kappa shape index (κ3) is 4.03. The molecule has 0 radical (unpaired) electrons. The number of anilines is 1. The van der Waals surface area contributed by atoms with Gasteiger partial charge in [-0.25, -0.2) is 0 Å². The fraction of sp³-hybridized carbons (Fsp3) is 0.500. The summed E-state index contributed by atoms with van der Waals surface area (Å²) in [6.07, 6.45) is 6.02. The van der Waals surface area contributed by atoms with Gasteiger partial charge in [0.15, 0.2) is 0 Å². The maximum absolute atomic E-state index is 11.8. The first-order valence-corrected chi connectivity index (χ1v) is 7.67. The standard InChI is InChI=1S/C14H20N2OS/c1-18-13-7-4-12(5-8-13)16-14(17)9-6-11-3-2-10-15-11/h4-5,7-8,11,15H,2-3,6,9-10H2,1H3,(H,16,17). The molecule has 18 heavy (non-hydrogen) atoms. The highest BCUT2D eigenvalue weighted by atomic mass is 32.2. The lowest BCUT2D eigenvalue weighted by atomic mass is 10.1. The summed E-state index contributed by atoms with van der Waals surface area (Å²) in [5.41, 5.74) is 0.886. The quantitative estimate of drug-likeness (QED) is 0.804. The van der Waals surface area contributed by atoms with E-state index < -0.39 is 0 Å². The summed E-state index contributed by atoms with van der Waals surface area (Å²) in [6.45, 7) is 1.10. The van der Waals surface area contributed by atoms with Gasteiger partial charge in [0.05, 0.1) is 0 Å². The number of rotatable bonds is 5. The van der Waals surface area contributed by atoms with Gasteiger partial charge in [0.25, 0.3) is 0 Å². The predicted molar refractivity (Wildman–Crippen MR) is 77.1 cm³/mol. The molecule has 1 aliphatic rings. The second kappa shape index (κ2) is 6.81. The summed E-state index contributed by atoms with van der Waals surface area (Å²) >= 11 is 1.70. The summed E-state index contributed by atoms with van der Waals surface area (Å²) in [5, 5.41) is 6.35. The zero-order valence-corrected chi connectivity index (χ0v) is 11.6. The minimum Gasteiger partial charge on any atom is -0.326 e. The molecular weight excluding hydrogens is 244 g/mol. The van der Waals surface area contributed by atoms with Crippen LogP contribution in [-0.4, -0.2) is 24.7 Å². The second-order valence-corrected chi connectivity index (χ2v) is 5.49. The van der Waals surface area contributed by atoms with Gasteiger partial charge >= 0.3 is 0 Å². The number of hydrogen-bond acceptors (Lipinski definition) is 3. The van der Waals surface area contributed by atoms with Crippen molar-refractivity contribution in [1.29, 1.82) is 0 Å². The lowest BCUT2D eigenvalue weighted by molar-refractivity contribution is -0.116. The number of thioether (sulfide) groups is 1. The van der Waals surface area contributed by atoms with Crippen LogP contribution in [-0.2, 0) is 4.79 Å². The number of amides is 1. The van der Waals surface area contributed by atoms with Gasteiger partial charge in [-0.15, -0.1) is 11.8 Å². The molecule has 1 aliphatic heterocycles. The van der Waals surface area contributed by atoms with Crippen LogP contribution in [0.3, 0.4) is 0 Å². The average molecular weight is 264 g/mol. The summed E-state index contributed by atoms with van der Waals surface area (Å²) in [6, 6.07) is 8.50. The van der Waals surface area contributed by atoms with Crippen molar-refractivity contribution in [3.8, 4) is 0 Å². The number of carbonyl (C=O) groups excluding carboxylic acids is 1. The maximum atomic E-state index is 11.8. The van der Waals surface area contributed by atoms with Crippen molar-refractivity contribution in [1.82, 2.24) is 5.32 Å². The Morgan fingerprint density at radius 3 is 2.83 bits per heavy atom. The molecule has 1 aromatic rings. The van der Waals surface area contributed by atoms with E-state index in [9.17, 15) is 4.79 Å². The van der Waals surface area contributed by atoms with E-state index in [0.29, 0.717) is 12.5 Å². The van der Waals surface area contributed by atoms with Gasteiger partial charge in [0.2, 0.25) is 5.91 Å². The van der Waals surface area contributed by atoms with Crippen LogP contribution in [0.5, 0.6) is 0 Å². The molecule has 0 saturated carbocycles. The number of hydrogen-bond donors (Lipinski definition) is 2. The smallest absolute Gasteiger partial charge is 0.224 e. The highest BCUT2D eigenvalue weighted by Crippen LogP contribution is 2.18. The van der Waals surface area contributed by atoms with E-state index in [1.54, 1.807) is 11.8 Å². The molecule has 3 nitrogen and oxygen atoms in total. The summed E-state index contributed by atoms with van der Waals surface area (Å²) in [7, 11) is 0. The molecule has 1 saturated heterocycles. The predicted octanol–water partition coefficient (Wildman–Crippen LogP) is 2.88. The molecule has 1 atom stereocenters. The van der Waals surface area contributed by atoms with E-state index in [0.717, 1.165) is 18.7 Å². The van der Waals surface area contributed by atoms with Crippen molar-refractivity contribution in [2.45, 2.75) is 36.6 Å². The Hall–Kier alpha value is -1.00. The molecule has 0 aromatic heterocycles. The van der Waals surface area contributed by atoms with Crippen molar-refractivity contribution >= 4 is 23.4 Å². The van der Waals surface area contributed by atoms with Gasteiger partial charge in [-0.05, 0) is 56.3 Å². The summed E-state index contributed by atoms with van der Waals surface area (Å²) in [4.78, 5) is 13.0. The lowest BCUT2D eigenvalue weighted by Gasteiger charge is -2.10. The van der Waals surface area contributed by atoms with Crippen LogP contribution < -0.4 is 10.6 Å². The topological polar surface area (TPSA) is 41.1 Å². The Morgan fingerprint density at radius 1 is 1.44 bits per heavy atom. The Bertz CT molecular complexity index is 385. The largest absolute Gasteiger partial charge is 0.326 e. The monoisotopic (exact) mass is 264 g/mol. The van der Waals surface area contributed by atoms with E-state index in [1.807, 2.05) is 30.5 Å². The first-order valence-electron chi connectivity index (χ1n) is 6.45. The first kappa shape index (κ1) is 13.4. The second-order valence-electron chi connectivity index (χ2n) is 4.61. The summed E-state index contributed by atoms with van der Waals surface area (Å²) in [5.74, 6) is 0.112. The van der Waals surface area contributed by atoms with Crippen molar-refractivity contribution in [3.05, 3.63) is 24.3 Å². The van der Waals surface area contributed by atoms with Crippen LogP contribution >= 0.6 is 11.8 Å². The van der Waals surface area contributed by atoms with Gasteiger partial charge in [0, 0.05) is 23.0 Å². The van der Waals surface area contributed by atoms with Crippen LogP contribution in [0, 0.1) is 0 Å². The number of carbonyl (C=O) groups is 1. The first-order chi connectivity index (χ1) is 8.78. The zero-order chi connectivity index (χ0) is 12.8. The van der Waals surface area contributed by atoms with Gasteiger partial charge in [0.1, 0.15) is 0 Å². The van der Waals surface area contributed by atoms with Crippen LogP contribution in [0.15, 0.2) is 29.2 Å². The SMILES string of the molecule is CSc1ccc(NC(=O)CCC2CCCN2)cc1. The Kier molecular flexibility index (Phi) is 5.08. The van der Waals surface area contributed by atoms with Crippen LogP contribution in [0.4, 0.5) is 5.69 Å². The summed E-state index contributed by atoms with van der Waals surface area (Å²) < 4.78 is 0.